The molecule has 0 radical (unpaired) electrons. The quantitative estimate of drug-likeness (QED) is 0.498. The van der Waals surface area contributed by atoms with Crippen molar-refractivity contribution in [3.05, 3.63) is 29.8 Å². The SMILES string of the molecule is C#CCCCNC(=O)/C=C/c1ccc2c(c1)OCO2. The number of carbonyl (C=O) groups is 1. The van der Waals surface area contributed by atoms with Gasteiger partial charge in [0, 0.05) is 19.0 Å². The number of rotatable bonds is 5. The topological polar surface area (TPSA) is 47.6 Å². The second kappa shape index (κ2) is 6.50. The molecule has 0 aliphatic carbocycles. The molecular weight excluding hydrogens is 242 g/mol. The highest BCUT2D eigenvalue weighted by Crippen LogP contribution is 2.32. The van der Waals surface area contributed by atoms with Crippen LogP contribution in [0.4, 0.5) is 0 Å². The minimum atomic E-state index is -0.130. The zero-order valence-electron chi connectivity index (χ0n) is 10.5. The van der Waals surface area contributed by atoms with Crippen molar-refractivity contribution in [1.82, 2.24) is 5.32 Å². The smallest absolute Gasteiger partial charge is 0.243 e. The van der Waals surface area contributed by atoms with Crippen LogP contribution in [0.1, 0.15) is 18.4 Å². The van der Waals surface area contributed by atoms with Crippen LogP contribution in [0, 0.1) is 12.3 Å². The molecular formula is C15H15NO3. The van der Waals surface area contributed by atoms with E-state index in [1.54, 1.807) is 6.08 Å². The minimum absolute atomic E-state index is 0.130. The summed E-state index contributed by atoms with van der Waals surface area (Å²) < 4.78 is 10.5. The summed E-state index contributed by atoms with van der Waals surface area (Å²) in [5.41, 5.74) is 0.892. The fraction of sp³-hybridized carbons (Fsp3) is 0.267. The van der Waals surface area contributed by atoms with Gasteiger partial charge in [0.2, 0.25) is 12.7 Å². The summed E-state index contributed by atoms with van der Waals surface area (Å²) in [5, 5.41) is 2.76. The third-order valence-corrected chi connectivity index (χ3v) is 2.62. The summed E-state index contributed by atoms with van der Waals surface area (Å²) in [6.45, 7) is 0.840. The molecule has 4 nitrogen and oxygen atoms in total. The van der Waals surface area contributed by atoms with Crippen molar-refractivity contribution >= 4 is 12.0 Å². The highest BCUT2D eigenvalue weighted by molar-refractivity contribution is 5.91. The molecule has 1 aliphatic rings. The lowest BCUT2D eigenvalue weighted by Gasteiger charge is -2.00. The monoisotopic (exact) mass is 257 g/mol. The van der Waals surface area contributed by atoms with Gasteiger partial charge in [-0.05, 0) is 30.2 Å². The van der Waals surface area contributed by atoms with Gasteiger partial charge in [-0.25, -0.2) is 0 Å². The van der Waals surface area contributed by atoms with Crippen LogP contribution in [-0.2, 0) is 4.79 Å². The number of fused-ring (bicyclic) bond motifs is 1. The average molecular weight is 257 g/mol. The number of terminal acetylenes is 1. The number of amides is 1. The number of ether oxygens (including phenoxy) is 2. The van der Waals surface area contributed by atoms with Crippen LogP contribution in [-0.4, -0.2) is 19.2 Å². The second-order valence-electron chi connectivity index (χ2n) is 4.04. The van der Waals surface area contributed by atoms with Crippen LogP contribution >= 0.6 is 0 Å². The van der Waals surface area contributed by atoms with Crippen LogP contribution in [0.2, 0.25) is 0 Å². The molecule has 1 aromatic rings. The molecule has 0 fully saturated rings. The van der Waals surface area contributed by atoms with E-state index in [-0.39, 0.29) is 12.7 Å². The maximum absolute atomic E-state index is 11.5. The molecule has 19 heavy (non-hydrogen) atoms. The van der Waals surface area contributed by atoms with Crippen molar-refractivity contribution < 1.29 is 14.3 Å². The van der Waals surface area contributed by atoms with Gasteiger partial charge in [0.25, 0.3) is 0 Å². The van der Waals surface area contributed by atoms with Crippen LogP contribution in [0.15, 0.2) is 24.3 Å². The first-order valence-corrected chi connectivity index (χ1v) is 6.08. The van der Waals surface area contributed by atoms with Crippen molar-refractivity contribution in [1.29, 1.82) is 0 Å². The molecule has 98 valence electrons. The van der Waals surface area contributed by atoms with Gasteiger partial charge in [-0.15, -0.1) is 12.3 Å². The van der Waals surface area contributed by atoms with Crippen molar-refractivity contribution in [2.24, 2.45) is 0 Å². The Morgan fingerprint density at radius 3 is 3.11 bits per heavy atom. The normalized spacial score (nSPS) is 12.4. The van der Waals surface area contributed by atoms with E-state index in [0.29, 0.717) is 18.7 Å². The van der Waals surface area contributed by atoms with Crippen LogP contribution < -0.4 is 14.8 Å². The van der Waals surface area contributed by atoms with Gasteiger partial charge in [0.15, 0.2) is 11.5 Å². The molecule has 4 heteroatoms. The number of carbonyl (C=O) groups excluding carboxylic acids is 1. The Kier molecular flexibility index (Phi) is 4.46. The first kappa shape index (κ1) is 13.0. The molecule has 0 aromatic heterocycles. The van der Waals surface area contributed by atoms with E-state index < -0.39 is 0 Å². The molecule has 2 rings (SSSR count). The Morgan fingerprint density at radius 2 is 2.26 bits per heavy atom. The Morgan fingerprint density at radius 1 is 1.42 bits per heavy atom. The lowest BCUT2D eigenvalue weighted by atomic mass is 10.2. The standard InChI is InChI=1S/C15H15NO3/c1-2-3-4-9-16-15(17)8-6-12-5-7-13-14(10-12)19-11-18-13/h1,5-8,10H,3-4,9,11H2,(H,16,17)/b8-6+. The third kappa shape index (κ3) is 3.78. The molecule has 0 atom stereocenters. The van der Waals surface area contributed by atoms with Gasteiger partial charge in [-0.2, -0.15) is 0 Å². The Balaban J connectivity index is 1.85. The van der Waals surface area contributed by atoms with Gasteiger partial charge < -0.3 is 14.8 Å². The average Bonchev–Trinajstić information content (AvgIpc) is 2.89. The maximum Gasteiger partial charge on any atom is 0.243 e. The number of hydrogen-bond donors (Lipinski definition) is 1. The lowest BCUT2D eigenvalue weighted by Crippen LogP contribution is -2.21. The first-order chi connectivity index (χ1) is 9.29. The van der Waals surface area contributed by atoms with E-state index >= 15 is 0 Å². The van der Waals surface area contributed by atoms with E-state index in [1.807, 2.05) is 18.2 Å². The highest BCUT2D eigenvalue weighted by atomic mass is 16.7. The van der Waals surface area contributed by atoms with E-state index in [4.69, 9.17) is 15.9 Å². The third-order valence-electron chi connectivity index (χ3n) is 2.62. The molecule has 0 spiro atoms. The summed E-state index contributed by atoms with van der Waals surface area (Å²) in [5.74, 6) is 3.84. The second-order valence-corrected chi connectivity index (χ2v) is 4.04. The summed E-state index contributed by atoms with van der Waals surface area (Å²) in [6.07, 6.45) is 9.82. The van der Waals surface area contributed by atoms with Crippen LogP contribution in [0.25, 0.3) is 6.08 Å². The van der Waals surface area contributed by atoms with Gasteiger partial charge >= 0.3 is 0 Å². The molecule has 0 unspecified atom stereocenters. The summed E-state index contributed by atoms with van der Waals surface area (Å²) >= 11 is 0. The first-order valence-electron chi connectivity index (χ1n) is 6.08. The Labute approximate surface area is 112 Å². The fourth-order valence-electron chi connectivity index (χ4n) is 1.65. The molecule has 0 bridgehead atoms. The van der Waals surface area contributed by atoms with E-state index in [1.165, 1.54) is 6.08 Å². The minimum Gasteiger partial charge on any atom is -0.454 e. The fourth-order valence-corrected chi connectivity index (χ4v) is 1.65. The molecule has 1 amide bonds. The molecule has 1 heterocycles. The van der Waals surface area contributed by atoms with Crippen molar-refractivity contribution in [2.45, 2.75) is 12.8 Å². The number of hydrogen-bond acceptors (Lipinski definition) is 3. The Bertz CT molecular complexity index is 529. The van der Waals surface area contributed by atoms with Gasteiger partial charge in [-0.1, -0.05) is 6.07 Å². The molecule has 1 aromatic carbocycles. The van der Waals surface area contributed by atoms with Gasteiger partial charge in [0.05, 0.1) is 0 Å². The number of unbranched alkanes of at least 4 members (excludes halogenated alkanes) is 1. The van der Waals surface area contributed by atoms with Crippen molar-refractivity contribution in [2.75, 3.05) is 13.3 Å². The molecule has 1 N–H and O–H groups in total. The van der Waals surface area contributed by atoms with Gasteiger partial charge in [0.1, 0.15) is 0 Å². The zero-order valence-corrected chi connectivity index (χ0v) is 10.5. The highest BCUT2D eigenvalue weighted by Gasteiger charge is 2.12. The van der Waals surface area contributed by atoms with E-state index in [2.05, 4.69) is 11.2 Å². The van der Waals surface area contributed by atoms with Crippen LogP contribution in [0.5, 0.6) is 11.5 Å². The van der Waals surface area contributed by atoms with Gasteiger partial charge in [-0.3, -0.25) is 4.79 Å². The van der Waals surface area contributed by atoms with Crippen molar-refractivity contribution in [3.8, 4) is 23.8 Å². The molecule has 0 saturated carbocycles. The summed E-state index contributed by atoms with van der Waals surface area (Å²) in [6, 6.07) is 5.53. The number of benzene rings is 1. The maximum atomic E-state index is 11.5. The molecule has 0 saturated heterocycles. The number of nitrogens with one attached hydrogen (secondary N) is 1. The predicted molar refractivity (Wildman–Crippen MR) is 72.7 cm³/mol. The van der Waals surface area contributed by atoms with E-state index in [0.717, 1.165) is 17.7 Å². The molecule has 1 aliphatic heterocycles. The summed E-state index contributed by atoms with van der Waals surface area (Å²) in [4.78, 5) is 11.5. The van der Waals surface area contributed by atoms with E-state index in [9.17, 15) is 4.79 Å². The predicted octanol–water partition coefficient (Wildman–Crippen LogP) is 1.96. The summed E-state index contributed by atoms with van der Waals surface area (Å²) in [7, 11) is 0. The zero-order chi connectivity index (χ0) is 13.5. The largest absolute Gasteiger partial charge is 0.454 e. The Hall–Kier alpha value is -2.41. The lowest BCUT2D eigenvalue weighted by molar-refractivity contribution is -0.116. The van der Waals surface area contributed by atoms with Crippen LogP contribution in [0.3, 0.4) is 0 Å². The van der Waals surface area contributed by atoms with Crippen molar-refractivity contribution in [3.63, 3.8) is 0 Å².